The molecule has 1 saturated heterocycles. The molecule has 1 aliphatic heterocycles. The van der Waals surface area contributed by atoms with Crippen molar-refractivity contribution < 1.29 is 14.3 Å². The van der Waals surface area contributed by atoms with Gasteiger partial charge in [0, 0.05) is 62.7 Å². The van der Waals surface area contributed by atoms with Crippen LogP contribution in [0.1, 0.15) is 29.0 Å². The first-order valence-corrected chi connectivity index (χ1v) is 14.6. The number of carbonyl (C=O) groups is 1. The molecule has 42 heavy (non-hydrogen) atoms. The molecule has 5 aromatic rings. The molecular weight excluding hydrogens is 522 g/mol. The van der Waals surface area contributed by atoms with Crippen molar-refractivity contribution in [2.24, 2.45) is 7.05 Å². The maximum Gasteiger partial charge on any atom is 0.223 e. The van der Waals surface area contributed by atoms with E-state index in [4.69, 9.17) is 9.47 Å². The van der Waals surface area contributed by atoms with Crippen LogP contribution in [-0.2, 0) is 18.4 Å². The molecule has 1 aliphatic rings. The Bertz CT molecular complexity index is 1650. The molecule has 1 unspecified atom stereocenters. The minimum absolute atomic E-state index is 0.101. The molecule has 6 heteroatoms. The third-order valence-corrected chi connectivity index (χ3v) is 8.25. The highest BCUT2D eigenvalue weighted by molar-refractivity contribution is 5.86. The molecule has 6 nitrogen and oxygen atoms in total. The van der Waals surface area contributed by atoms with Crippen molar-refractivity contribution in [1.29, 1.82) is 0 Å². The SMILES string of the molecule is COc1ccccc1N1CCN(C(=O)CC(c2cccc(OCc3ccccc3)c2)c2cn(C)c3ccccc23)CC1. The van der Waals surface area contributed by atoms with Gasteiger partial charge in [0.2, 0.25) is 5.91 Å². The first-order valence-electron chi connectivity index (χ1n) is 14.6. The summed E-state index contributed by atoms with van der Waals surface area (Å²) in [6.45, 7) is 3.40. The molecule has 1 amide bonds. The van der Waals surface area contributed by atoms with Crippen LogP contribution in [0.5, 0.6) is 11.5 Å². The van der Waals surface area contributed by atoms with Crippen LogP contribution < -0.4 is 14.4 Å². The molecule has 0 radical (unpaired) electrons. The minimum Gasteiger partial charge on any atom is -0.495 e. The van der Waals surface area contributed by atoms with Crippen molar-refractivity contribution in [1.82, 2.24) is 9.47 Å². The number of aromatic nitrogens is 1. The van der Waals surface area contributed by atoms with Crippen LogP contribution in [-0.4, -0.2) is 48.7 Å². The fourth-order valence-electron chi connectivity index (χ4n) is 6.01. The molecule has 1 aromatic heterocycles. The largest absolute Gasteiger partial charge is 0.495 e. The summed E-state index contributed by atoms with van der Waals surface area (Å²) in [6, 6.07) is 34.9. The number of benzene rings is 4. The van der Waals surface area contributed by atoms with Gasteiger partial charge in [0.05, 0.1) is 12.8 Å². The zero-order valence-electron chi connectivity index (χ0n) is 24.3. The number of hydrogen-bond acceptors (Lipinski definition) is 4. The van der Waals surface area contributed by atoms with Gasteiger partial charge in [-0.05, 0) is 47.0 Å². The summed E-state index contributed by atoms with van der Waals surface area (Å²) in [5, 5.41) is 1.18. The molecule has 0 spiro atoms. The normalized spacial score (nSPS) is 14.1. The van der Waals surface area contributed by atoms with E-state index in [1.165, 1.54) is 5.39 Å². The number of fused-ring (bicyclic) bond motifs is 1. The number of ether oxygens (including phenoxy) is 2. The van der Waals surface area contributed by atoms with E-state index in [0.717, 1.165) is 52.5 Å². The highest BCUT2D eigenvalue weighted by atomic mass is 16.5. The van der Waals surface area contributed by atoms with Crippen molar-refractivity contribution in [3.63, 3.8) is 0 Å². The lowest BCUT2D eigenvalue weighted by Crippen LogP contribution is -2.49. The average molecular weight is 560 g/mol. The Morgan fingerprint density at radius 1 is 0.833 bits per heavy atom. The number of anilines is 1. The van der Waals surface area contributed by atoms with Gasteiger partial charge in [0.1, 0.15) is 18.1 Å². The molecule has 0 N–H and O–H groups in total. The number of rotatable bonds is 9. The van der Waals surface area contributed by atoms with E-state index in [2.05, 4.69) is 77.3 Å². The fourth-order valence-corrected chi connectivity index (χ4v) is 6.01. The van der Waals surface area contributed by atoms with Gasteiger partial charge in [-0.1, -0.05) is 72.8 Å². The minimum atomic E-state index is -0.101. The van der Waals surface area contributed by atoms with E-state index in [9.17, 15) is 4.79 Å². The molecule has 6 rings (SSSR count). The van der Waals surface area contributed by atoms with E-state index < -0.39 is 0 Å². The number of hydrogen-bond donors (Lipinski definition) is 0. The van der Waals surface area contributed by atoms with Crippen LogP contribution in [0.3, 0.4) is 0 Å². The van der Waals surface area contributed by atoms with Gasteiger partial charge in [-0.15, -0.1) is 0 Å². The molecule has 0 aliphatic carbocycles. The summed E-state index contributed by atoms with van der Waals surface area (Å²) in [7, 11) is 3.77. The van der Waals surface area contributed by atoms with Gasteiger partial charge in [-0.3, -0.25) is 4.79 Å². The number of carbonyl (C=O) groups excluding carboxylic acids is 1. The van der Waals surface area contributed by atoms with E-state index in [1.54, 1.807) is 7.11 Å². The van der Waals surface area contributed by atoms with Crippen molar-refractivity contribution in [2.45, 2.75) is 18.9 Å². The number of methoxy groups -OCH3 is 1. The van der Waals surface area contributed by atoms with E-state index in [0.29, 0.717) is 26.1 Å². The third kappa shape index (κ3) is 5.84. The van der Waals surface area contributed by atoms with Crippen LogP contribution in [0.25, 0.3) is 10.9 Å². The van der Waals surface area contributed by atoms with Gasteiger partial charge in [0.15, 0.2) is 0 Å². The van der Waals surface area contributed by atoms with Crippen LogP contribution in [0.2, 0.25) is 0 Å². The molecule has 0 bridgehead atoms. The number of piperazine rings is 1. The molecule has 2 heterocycles. The average Bonchev–Trinajstić information content (AvgIpc) is 3.39. The Morgan fingerprint density at radius 3 is 2.38 bits per heavy atom. The summed E-state index contributed by atoms with van der Waals surface area (Å²) < 4.78 is 13.9. The maximum atomic E-state index is 13.9. The van der Waals surface area contributed by atoms with Gasteiger partial charge < -0.3 is 23.8 Å². The Kier molecular flexibility index (Phi) is 8.13. The topological polar surface area (TPSA) is 46.9 Å². The monoisotopic (exact) mass is 559 g/mol. The standard InChI is InChI=1S/C36H37N3O3/c1-37-25-32(30-15-6-7-16-33(30)37)31(28-13-10-14-29(23-28)42-26-27-11-4-3-5-12-27)24-36(40)39-21-19-38(20-22-39)34-17-8-9-18-35(34)41-2/h3-18,23,25,31H,19-22,24,26H2,1-2H3. The fraction of sp³-hybridized carbons (Fsp3) is 0.250. The maximum absolute atomic E-state index is 13.9. The summed E-state index contributed by atoms with van der Waals surface area (Å²) >= 11 is 0. The number of aryl methyl sites for hydroxylation is 1. The molecule has 0 saturated carbocycles. The van der Waals surface area contributed by atoms with Crippen molar-refractivity contribution in [2.75, 3.05) is 38.2 Å². The van der Waals surface area contributed by atoms with Crippen molar-refractivity contribution in [3.8, 4) is 11.5 Å². The molecular formula is C36H37N3O3. The van der Waals surface area contributed by atoms with Crippen molar-refractivity contribution in [3.05, 3.63) is 126 Å². The first-order chi connectivity index (χ1) is 20.6. The Labute approximate surface area is 247 Å². The number of amides is 1. The van der Waals surface area contributed by atoms with Crippen LogP contribution >= 0.6 is 0 Å². The highest BCUT2D eigenvalue weighted by Crippen LogP contribution is 2.36. The lowest BCUT2D eigenvalue weighted by Gasteiger charge is -2.37. The zero-order valence-corrected chi connectivity index (χ0v) is 24.3. The Balaban J connectivity index is 1.24. The summed E-state index contributed by atoms with van der Waals surface area (Å²) in [5.41, 5.74) is 5.60. The summed E-state index contributed by atoms with van der Waals surface area (Å²) in [6.07, 6.45) is 2.57. The molecule has 214 valence electrons. The van der Waals surface area contributed by atoms with E-state index in [-0.39, 0.29) is 11.8 Å². The zero-order chi connectivity index (χ0) is 28.9. The number of nitrogens with zero attached hydrogens (tertiary/aromatic N) is 3. The second-order valence-corrected chi connectivity index (χ2v) is 10.9. The molecule has 1 fully saturated rings. The second kappa shape index (κ2) is 12.4. The Morgan fingerprint density at radius 2 is 1.57 bits per heavy atom. The Hall–Kier alpha value is -4.71. The van der Waals surface area contributed by atoms with Gasteiger partial charge in [0.25, 0.3) is 0 Å². The molecule has 4 aromatic carbocycles. The summed E-state index contributed by atoms with van der Waals surface area (Å²) in [4.78, 5) is 18.2. The van der Waals surface area contributed by atoms with E-state index in [1.807, 2.05) is 53.4 Å². The van der Waals surface area contributed by atoms with Gasteiger partial charge >= 0.3 is 0 Å². The van der Waals surface area contributed by atoms with Gasteiger partial charge in [-0.2, -0.15) is 0 Å². The quantitative estimate of drug-likeness (QED) is 0.203. The summed E-state index contributed by atoms with van der Waals surface area (Å²) in [5.74, 6) is 1.74. The van der Waals surface area contributed by atoms with Crippen LogP contribution in [0.15, 0.2) is 109 Å². The smallest absolute Gasteiger partial charge is 0.223 e. The number of para-hydroxylation sites is 3. The first kappa shape index (κ1) is 27.5. The third-order valence-electron chi connectivity index (χ3n) is 8.25. The van der Waals surface area contributed by atoms with Crippen molar-refractivity contribution >= 4 is 22.5 Å². The lowest BCUT2D eigenvalue weighted by atomic mass is 9.87. The highest BCUT2D eigenvalue weighted by Gasteiger charge is 2.28. The van der Waals surface area contributed by atoms with E-state index >= 15 is 0 Å². The second-order valence-electron chi connectivity index (χ2n) is 10.9. The predicted molar refractivity (Wildman–Crippen MR) is 168 cm³/mol. The molecule has 1 atom stereocenters. The van der Waals surface area contributed by atoms with Crippen LogP contribution in [0, 0.1) is 0 Å². The predicted octanol–water partition coefficient (Wildman–Crippen LogP) is 6.64. The van der Waals surface area contributed by atoms with Gasteiger partial charge in [-0.25, -0.2) is 0 Å². The van der Waals surface area contributed by atoms with Crippen LogP contribution in [0.4, 0.5) is 5.69 Å². The lowest BCUT2D eigenvalue weighted by molar-refractivity contribution is -0.131.